The molecule has 0 unspecified atom stereocenters. The first kappa shape index (κ1) is 10.1. The minimum Gasteiger partial charge on any atom is -0.250 e. The van der Waals surface area contributed by atoms with Crippen molar-refractivity contribution in [1.82, 2.24) is 0 Å². The maximum atomic E-state index is 11.3. The van der Waals surface area contributed by atoms with Gasteiger partial charge in [0.2, 0.25) is 0 Å². The van der Waals surface area contributed by atoms with Crippen molar-refractivity contribution < 1.29 is 14.3 Å². The Hall–Kier alpha value is -0.860. The SMILES string of the molecule is CC(=CC(C)(C)C)C(=O)OF. The molecule has 0 aliphatic carbocycles. The molecule has 0 rings (SSSR count). The van der Waals surface area contributed by atoms with Gasteiger partial charge in [0, 0.05) is 10.1 Å². The van der Waals surface area contributed by atoms with E-state index in [2.05, 4.69) is 4.94 Å². The zero-order valence-corrected chi connectivity index (χ0v) is 7.27. The maximum Gasteiger partial charge on any atom is 0.374 e. The summed E-state index contributed by atoms with van der Waals surface area (Å²) >= 11 is 0. The highest BCUT2D eigenvalue weighted by Crippen LogP contribution is 2.17. The highest BCUT2D eigenvalue weighted by atomic mass is 19.3. The molecule has 0 bridgehead atoms. The number of halogens is 1. The van der Waals surface area contributed by atoms with E-state index in [9.17, 15) is 9.32 Å². The molecule has 0 aromatic rings. The van der Waals surface area contributed by atoms with E-state index in [-0.39, 0.29) is 5.41 Å². The highest BCUT2D eigenvalue weighted by molar-refractivity contribution is 5.87. The summed E-state index contributed by atoms with van der Waals surface area (Å²) < 4.78 is 11.3. The lowest BCUT2D eigenvalue weighted by Gasteiger charge is -2.12. The van der Waals surface area contributed by atoms with Crippen molar-refractivity contribution in [2.45, 2.75) is 27.7 Å². The summed E-state index contributed by atoms with van der Waals surface area (Å²) in [6.45, 7) is 7.28. The first-order chi connectivity index (χ1) is 4.87. The van der Waals surface area contributed by atoms with E-state index in [4.69, 9.17) is 0 Å². The van der Waals surface area contributed by atoms with Gasteiger partial charge in [0.25, 0.3) is 0 Å². The molecule has 0 aliphatic heterocycles. The topological polar surface area (TPSA) is 26.3 Å². The Morgan fingerprint density at radius 2 is 1.91 bits per heavy atom. The van der Waals surface area contributed by atoms with Crippen LogP contribution in [0.2, 0.25) is 0 Å². The zero-order valence-electron chi connectivity index (χ0n) is 7.27. The van der Waals surface area contributed by atoms with Gasteiger partial charge in [0.15, 0.2) is 0 Å². The first-order valence-electron chi connectivity index (χ1n) is 3.39. The molecule has 0 atom stereocenters. The van der Waals surface area contributed by atoms with Crippen LogP contribution in [0.3, 0.4) is 0 Å². The number of hydrogen-bond donors (Lipinski definition) is 0. The monoisotopic (exact) mass is 160 g/mol. The second kappa shape index (κ2) is 3.51. The van der Waals surface area contributed by atoms with Crippen molar-refractivity contribution in [2.24, 2.45) is 5.41 Å². The molecule has 0 heterocycles. The van der Waals surface area contributed by atoms with Crippen LogP contribution in [0.25, 0.3) is 0 Å². The molecule has 0 amide bonds. The second-order valence-corrected chi connectivity index (χ2v) is 3.56. The highest BCUT2D eigenvalue weighted by Gasteiger charge is 2.12. The van der Waals surface area contributed by atoms with Crippen LogP contribution in [-0.2, 0) is 9.74 Å². The molecule has 0 aliphatic rings. The van der Waals surface area contributed by atoms with Crippen LogP contribution in [0.5, 0.6) is 0 Å². The third-order valence-corrected chi connectivity index (χ3v) is 1.04. The van der Waals surface area contributed by atoms with Gasteiger partial charge in [0.1, 0.15) is 0 Å². The molecule has 3 heteroatoms. The minimum atomic E-state index is -0.917. The van der Waals surface area contributed by atoms with Crippen LogP contribution in [0.4, 0.5) is 4.53 Å². The largest absolute Gasteiger partial charge is 0.374 e. The molecule has 2 nitrogen and oxygen atoms in total. The summed E-state index contributed by atoms with van der Waals surface area (Å²) in [6.07, 6.45) is 1.66. The molecule has 0 saturated heterocycles. The van der Waals surface area contributed by atoms with Gasteiger partial charge in [-0.1, -0.05) is 26.8 Å². The lowest BCUT2D eigenvalue weighted by Crippen LogP contribution is -2.06. The molecule has 64 valence electrons. The molecule has 0 spiro atoms. The lowest BCUT2D eigenvalue weighted by atomic mass is 9.94. The molecular formula is C8H13FO2. The predicted octanol–water partition coefficient (Wildman–Crippen LogP) is 2.41. The van der Waals surface area contributed by atoms with Crippen LogP contribution in [-0.4, -0.2) is 5.97 Å². The number of hydrogen-bond acceptors (Lipinski definition) is 2. The average molecular weight is 160 g/mol. The molecule has 0 aromatic carbocycles. The van der Waals surface area contributed by atoms with Gasteiger partial charge in [-0.05, 0) is 12.3 Å². The van der Waals surface area contributed by atoms with Crippen LogP contribution in [0, 0.1) is 5.41 Å². The number of carbonyl (C=O) groups is 1. The van der Waals surface area contributed by atoms with Crippen molar-refractivity contribution >= 4 is 5.97 Å². The van der Waals surface area contributed by atoms with Crippen molar-refractivity contribution in [3.05, 3.63) is 11.6 Å². The van der Waals surface area contributed by atoms with Crippen molar-refractivity contribution in [3.8, 4) is 0 Å². The van der Waals surface area contributed by atoms with Gasteiger partial charge < -0.3 is 0 Å². The fourth-order valence-corrected chi connectivity index (χ4v) is 0.769. The van der Waals surface area contributed by atoms with Gasteiger partial charge in [-0.25, -0.2) is 9.74 Å². The molecule has 0 N–H and O–H groups in total. The zero-order chi connectivity index (χ0) is 9.07. The summed E-state index contributed by atoms with van der Waals surface area (Å²) in [5.74, 6) is -0.917. The molecule has 0 fully saturated rings. The summed E-state index contributed by atoms with van der Waals surface area (Å²) in [5, 5.41) is 0. The normalized spacial score (nSPS) is 13.0. The summed E-state index contributed by atoms with van der Waals surface area (Å²) in [6, 6.07) is 0. The van der Waals surface area contributed by atoms with E-state index < -0.39 is 5.97 Å². The Morgan fingerprint density at radius 1 is 1.45 bits per heavy atom. The summed E-state index contributed by atoms with van der Waals surface area (Å²) in [4.78, 5) is 13.6. The second-order valence-electron chi connectivity index (χ2n) is 3.56. The standard InChI is InChI=1S/C8H13FO2/c1-6(7(10)11-9)5-8(2,3)4/h5H,1-4H3. The van der Waals surface area contributed by atoms with E-state index >= 15 is 0 Å². The van der Waals surface area contributed by atoms with Crippen LogP contribution in [0.15, 0.2) is 11.6 Å². The van der Waals surface area contributed by atoms with Gasteiger partial charge in [-0.15, -0.1) is 0 Å². The van der Waals surface area contributed by atoms with Crippen molar-refractivity contribution in [2.75, 3.05) is 0 Å². The van der Waals surface area contributed by atoms with Gasteiger partial charge in [-0.2, -0.15) is 0 Å². The van der Waals surface area contributed by atoms with Gasteiger partial charge in [-0.3, -0.25) is 0 Å². The van der Waals surface area contributed by atoms with E-state index in [1.165, 1.54) is 6.92 Å². The minimum absolute atomic E-state index is 0.127. The molecule has 0 radical (unpaired) electrons. The quantitative estimate of drug-likeness (QED) is 0.550. The van der Waals surface area contributed by atoms with E-state index in [1.807, 2.05) is 20.8 Å². The molecular weight excluding hydrogens is 147 g/mol. The number of carbonyl (C=O) groups excluding carboxylic acids is 1. The Bertz CT molecular complexity index is 177. The van der Waals surface area contributed by atoms with Crippen LogP contribution in [0.1, 0.15) is 27.7 Å². The molecule has 0 aromatic heterocycles. The number of rotatable bonds is 1. The van der Waals surface area contributed by atoms with Gasteiger partial charge >= 0.3 is 5.97 Å². The Kier molecular flexibility index (Phi) is 3.23. The Morgan fingerprint density at radius 3 is 2.18 bits per heavy atom. The van der Waals surface area contributed by atoms with E-state index in [0.717, 1.165) is 0 Å². The fourth-order valence-electron chi connectivity index (χ4n) is 0.769. The van der Waals surface area contributed by atoms with Crippen molar-refractivity contribution in [3.63, 3.8) is 0 Å². The molecule has 11 heavy (non-hydrogen) atoms. The summed E-state index contributed by atoms with van der Waals surface area (Å²) in [5.41, 5.74) is 0.165. The van der Waals surface area contributed by atoms with Gasteiger partial charge in [0.05, 0.1) is 0 Å². The summed E-state index contributed by atoms with van der Waals surface area (Å²) in [7, 11) is 0. The van der Waals surface area contributed by atoms with E-state index in [0.29, 0.717) is 5.57 Å². The predicted molar refractivity (Wildman–Crippen MR) is 40.4 cm³/mol. The van der Waals surface area contributed by atoms with Crippen LogP contribution >= 0.6 is 0 Å². The van der Waals surface area contributed by atoms with Crippen molar-refractivity contribution in [1.29, 1.82) is 0 Å². The van der Waals surface area contributed by atoms with E-state index in [1.54, 1.807) is 6.08 Å². The van der Waals surface area contributed by atoms with Crippen LogP contribution < -0.4 is 0 Å². The average Bonchev–Trinajstić information content (AvgIpc) is 1.82. The Balaban J connectivity index is 4.34. The number of allylic oxidation sites excluding steroid dienone is 1. The smallest absolute Gasteiger partial charge is 0.250 e. The third kappa shape index (κ3) is 4.53. The third-order valence-electron chi connectivity index (χ3n) is 1.04. The lowest BCUT2D eigenvalue weighted by molar-refractivity contribution is -0.178. The maximum absolute atomic E-state index is 11.3. The fraction of sp³-hybridized carbons (Fsp3) is 0.625. The Labute approximate surface area is 65.9 Å². The first-order valence-corrected chi connectivity index (χ1v) is 3.39. The molecule has 0 saturated carbocycles.